The number of nitrogens with zero attached hydrogens (tertiary/aromatic N) is 1. The minimum absolute atomic E-state index is 0.750. The van der Waals surface area contributed by atoms with E-state index < -0.39 is 0 Å². The van der Waals surface area contributed by atoms with Crippen molar-refractivity contribution >= 4 is 0 Å². The fourth-order valence-corrected chi connectivity index (χ4v) is 1.80. The average molecular weight is 201 g/mol. The highest BCUT2D eigenvalue weighted by Crippen LogP contribution is 2.14. The zero-order valence-electron chi connectivity index (χ0n) is 9.66. The number of hydrogen-bond donors (Lipinski definition) is 0. The molecule has 0 fully saturated rings. The van der Waals surface area contributed by atoms with Crippen molar-refractivity contribution < 1.29 is 0 Å². The number of hydrogen-bond acceptors (Lipinski definition) is 1. The molecule has 1 aromatic rings. The van der Waals surface area contributed by atoms with Crippen LogP contribution in [0.25, 0.3) is 0 Å². The van der Waals surface area contributed by atoms with Crippen LogP contribution in [-0.2, 0) is 6.42 Å². The van der Waals surface area contributed by atoms with E-state index in [1.54, 1.807) is 0 Å². The summed E-state index contributed by atoms with van der Waals surface area (Å²) in [5.41, 5.74) is 2.09. The SMILES string of the molecule is CCCC(C)CCc1ccc(C#N)cc1. The van der Waals surface area contributed by atoms with Gasteiger partial charge >= 0.3 is 0 Å². The van der Waals surface area contributed by atoms with Crippen molar-refractivity contribution in [2.75, 3.05) is 0 Å². The van der Waals surface area contributed by atoms with Crippen molar-refractivity contribution in [1.82, 2.24) is 0 Å². The molecule has 1 aromatic carbocycles. The molecule has 80 valence electrons. The van der Waals surface area contributed by atoms with Gasteiger partial charge in [-0.3, -0.25) is 0 Å². The van der Waals surface area contributed by atoms with Gasteiger partial charge in [0.1, 0.15) is 0 Å². The zero-order chi connectivity index (χ0) is 11.1. The zero-order valence-corrected chi connectivity index (χ0v) is 9.66. The summed E-state index contributed by atoms with van der Waals surface area (Å²) in [6.45, 7) is 4.55. The van der Waals surface area contributed by atoms with E-state index in [9.17, 15) is 0 Å². The van der Waals surface area contributed by atoms with Gasteiger partial charge in [-0.1, -0.05) is 38.8 Å². The number of rotatable bonds is 5. The second-order valence-electron chi connectivity index (χ2n) is 4.24. The highest BCUT2D eigenvalue weighted by molar-refractivity contribution is 5.31. The minimum atomic E-state index is 0.750. The Bertz CT molecular complexity index is 318. The van der Waals surface area contributed by atoms with Crippen LogP contribution in [0, 0.1) is 17.2 Å². The van der Waals surface area contributed by atoms with Gasteiger partial charge in [0.05, 0.1) is 11.6 Å². The van der Waals surface area contributed by atoms with Gasteiger partial charge in [-0.05, 0) is 36.5 Å². The molecule has 1 rings (SSSR count). The van der Waals surface area contributed by atoms with E-state index in [2.05, 4.69) is 32.0 Å². The van der Waals surface area contributed by atoms with Crippen LogP contribution in [0.1, 0.15) is 44.2 Å². The van der Waals surface area contributed by atoms with E-state index in [4.69, 9.17) is 5.26 Å². The largest absolute Gasteiger partial charge is 0.192 e. The van der Waals surface area contributed by atoms with Crippen molar-refractivity contribution in [2.45, 2.75) is 39.5 Å². The summed E-state index contributed by atoms with van der Waals surface area (Å²) in [5.74, 6) is 0.811. The predicted molar refractivity (Wildman–Crippen MR) is 63.6 cm³/mol. The highest BCUT2D eigenvalue weighted by atomic mass is 14.2. The minimum Gasteiger partial charge on any atom is -0.192 e. The second-order valence-corrected chi connectivity index (χ2v) is 4.24. The summed E-state index contributed by atoms with van der Waals surface area (Å²) in [4.78, 5) is 0. The molecule has 0 saturated carbocycles. The molecule has 1 unspecified atom stereocenters. The third-order valence-electron chi connectivity index (χ3n) is 2.79. The van der Waals surface area contributed by atoms with E-state index in [1.807, 2.05) is 12.1 Å². The van der Waals surface area contributed by atoms with Gasteiger partial charge in [-0.2, -0.15) is 5.26 Å². The van der Waals surface area contributed by atoms with Crippen LogP contribution in [0.5, 0.6) is 0 Å². The monoisotopic (exact) mass is 201 g/mol. The van der Waals surface area contributed by atoms with E-state index in [-0.39, 0.29) is 0 Å². The molecule has 0 spiro atoms. The van der Waals surface area contributed by atoms with Crippen molar-refractivity contribution in [3.8, 4) is 6.07 Å². The van der Waals surface area contributed by atoms with Crippen LogP contribution in [-0.4, -0.2) is 0 Å². The van der Waals surface area contributed by atoms with E-state index in [0.29, 0.717) is 0 Å². The highest BCUT2D eigenvalue weighted by Gasteiger charge is 2.01. The molecule has 0 aliphatic carbocycles. The van der Waals surface area contributed by atoms with Crippen LogP contribution in [0.4, 0.5) is 0 Å². The summed E-state index contributed by atoms with van der Waals surface area (Å²) in [5, 5.41) is 8.67. The van der Waals surface area contributed by atoms with Gasteiger partial charge in [0.25, 0.3) is 0 Å². The molecule has 0 saturated heterocycles. The first-order valence-electron chi connectivity index (χ1n) is 5.75. The fourth-order valence-electron chi connectivity index (χ4n) is 1.80. The van der Waals surface area contributed by atoms with Gasteiger partial charge in [-0.25, -0.2) is 0 Å². The number of aryl methyl sites for hydroxylation is 1. The molecule has 0 heterocycles. The van der Waals surface area contributed by atoms with Crippen molar-refractivity contribution in [3.05, 3.63) is 35.4 Å². The first-order valence-corrected chi connectivity index (χ1v) is 5.75. The van der Waals surface area contributed by atoms with Crippen molar-refractivity contribution in [3.63, 3.8) is 0 Å². The lowest BCUT2D eigenvalue weighted by Crippen LogP contribution is -1.96. The van der Waals surface area contributed by atoms with Gasteiger partial charge in [0.15, 0.2) is 0 Å². The molecule has 1 atom stereocenters. The van der Waals surface area contributed by atoms with Crippen LogP contribution >= 0.6 is 0 Å². The summed E-state index contributed by atoms with van der Waals surface area (Å²) in [7, 11) is 0. The number of nitriles is 1. The Hall–Kier alpha value is -1.29. The quantitative estimate of drug-likeness (QED) is 0.708. The average Bonchev–Trinajstić information content (AvgIpc) is 2.27. The lowest BCUT2D eigenvalue weighted by atomic mass is 9.97. The van der Waals surface area contributed by atoms with Gasteiger partial charge < -0.3 is 0 Å². The van der Waals surface area contributed by atoms with E-state index in [0.717, 1.165) is 17.9 Å². The topological polar surface area (TPSA) is 23.8 Å². The summed E-state index contributed by atoms with van der Waals surface area (Å²) in [6, 6.07) is 10.1. The third-order valence-corrected chi connectivity index (χ3v) is 2.79. The van der Waals surface area contributed by atoms with Crippen LogP contribution in [0.2, 0.25) is 0 Å². The number of benzene rings is 1. The van der Waals surface area contributed by atoms with Crippen LogP contribution in [0.15, 0.2) is 24.3 Å². The Morgan fingerprint density at radius 3 is 2.40 bits per heavy atom. The Morgan fingerprint density at radius 1 is 1.20 bits per heavy atom. The molecule has 1 heteroatoms. The van der Waals surface area contributed by atoms with Crippen LogP contribution < -0.4 is 0 Å². The first-order chi connectivity index (χ1) is 7.26. The molecule has 0 aliphatic rings. The molecule has 0 aromatic heterocycles. The van der Waals surface area contributed by atoms with Crippen LogP contribution in [0.3, 0.4) is 0 Å². The lowest BCUT2D eigenvalue weighted by molar-refractivity contribution is 0.486. The summed E-state index contributed by atoms with van der Waals surface area (Å²) < 4.78 is 0. The smallest absolute Gasteiger partial charge is 0.0991 e. The first kappa shape index (κ1) is 11.8. The van der Waals surface area contributed by atoms with Gasteiger partial charge in [0.2, 0.25) is 0 Å². The second kappa shape index (κ2) is 6.24. The van der Waals surface area contributed by atoms with Gasteiger partial charge in [0, 0.05) is 0 Å². The van der Waals surface area contributed by atoms with Crippen molar-refractivity contribution in [2.24, 2.45) is 5.92 Å². The lowest BCUT2D eigenvalue weighted by Gasteiger charge is -2.09. The third kappa shape index (κ3) is 4.16. The van der Waals surface area contributed by atoms with E-state index >= 15 is 0 Å². The summed E-state index contributed by atoms with van der Waals surface area (Å²) in [6.07, 6.45) is 4.97. The maximum absolute atomic E-state index is 8.67. The Balaban J connectivity index is 2.41. The molecule has 0 radical (unpaired) electrons. The summed E-state index contributed by atoms with van der Waals surface area (Å²) >= 11 is 0. The molecular weight excluding hydrogens is 182 g/mol. The van der Waals surface area contributed by atoms with E-state index in [1.165, 1.54) is 24.8 Å². The maximum atomic E-state index is 8.67. The molecule has 0 N–H and O–H groups in total. The molecular formula is C14H19N. The Labute approximate surface area is 92.7 Å². The molecule has 0 bridgehead atoms. The Morgan fingerprint density at radius 2 is 1.87 bits per heavy atom. The Kier molecular flexibility index (Phi) is 4.90. The standard InChI is InChI=1S/C14H19N/c1-3-4-12(2)5-6-13-7-9-14(11-15)10-8-13/h7-10,12H,3-6H2,1-2H3. The molecule has 0 aliphatic heterocycles. The fraction of sp³-hybridized carbons (Fsp3) is 0.500. The van der Waals surface area contributed by atoms with Crippen molar-refractivity contribution in [1.29, 1.82) is 5.26 Å². The normalized spacial score (nSPS) is 12.1. The molecule has 1 nitrogen and oxygen atoms in total. The molecule has 0 amide bonds. The predicted octanol–water partition coefficient (Wildman–Crippen LogP) is 3.93. The maximum Gasteiger partial charge on any atom is 0.0991 e. The van der Waals surface area contributed by atoms with Gasteiger partial charge in [-0.15, -0.1) is 0 Å². The molecule has 15 heavy (non-hydrogen) atoms.